The molecule has 3 heterocycles. The number of thiazole rings is 1. The van der Waals surface area contributed by atoms with Crippen molar-refractivity contribution in [2.45, 2.75) is 65.5 Å². The van der Waals surface area contributed by atoms with E-state index in [1.54, 1.807) is 17.6 Å². The van der Waals surface area contributed by atoms with Gasteiger partial charge in [-0.15, -0.1) is 22.7 Å². The minimum atomic E-state index is -0.544. The van der Waals surface area contributed by atoms with Crippen molar-refractivity contribution in [2.24, 2.45) is 5.10 Å². The number of carbonyl (C=O) groups is 1. The van der Waals surface area contributed by atoms with E-state index in [4.69, 9.17) is 4.74 Å². The molecule has 8 nitrogen and oxygen atoms in total. The number of hydrazone groups is 1. The largest absolute Gasteiger partial charge is 0.444 e. The predicted octanol–water partition coefficient (Wildman–Crippen LogP) is 5.48. The Morgan fingerprint density at radius 3 is 2.65 bits per heavy atom. The number of fused-ring (bicyclic) bond motifs is 1. The molecule has 0 bridgehead atoms. The molecule has 0 aliphatic rings. The molecule has 10 heteroatoms. The molecule has 166 valence electrons. The minimum absolute atomic E-state index is 0.0488. The third-order valence-electron chi connectivity index (χ3n) is 4.11. The number of amides is 1. The Morgan fingerprint density at radius 1 is 1.23 bits per heavy atom. The smallest absolute Gasteiger partial charge is 0.408 e. The lowest BCUT2D eigenvalue weighted by atomic mass is 9.95. The molecule has 2 N–H and O–H groups in total. The summed E-state index contributed by atoms with van der Waals surface area (Å²) in [4.78, 5) is 26.4. The van der Waals surface area contributed by atoms with Gasteiger partial charge in [-0.25, -0.2) is 19.7 Å². The molecule has 1 atom stereocenters. The fourth-order valence-electron chi connectivity index (χ4n) is 2.57. The van der Waals surface area contributed by atoms with Gasteiger partial charge >= 0.3 is 6.09 Å². The number of carbonyl (C=O) groups excluding carboxylic acids is 1. The van der Waals surface area contributed by atoms with Gasteiger partial charge in [0.2, 0.25) is 0 Å². The van der Waals surface area contributed by atoms with Crippen molar-refractivity contribution in [2.75, 3.05) is 5.43 Å². The summed E-state index contributed by atoms with van der Waals surface area (Å²) in [6, 6.07) is 1.83. The molecule has 0 aliphatic heterocycles. The number of hydrogen-bond acceptors (Lipinski definition) is 9. The highest BCUT2D eigenvalue weighted by Crippen LogP contribution is 2.35. The van der Waals surface area contributed by atoms with E-state index in [2.05, 4.69) is 57.6 Å². The molecule has 0 saturated carbocycles. The molecule has 3 aromatic rings. The fourth-order valence-corrected chi connectivity index (χ4v) is 4.45. The van der Waals surface area contributed by atoms with Gasteiger partial charge in [0.1, 0.15) is 16.9 Å². The van der Waals surface area contributed by atoms with Crippen molar-refractivity contribution in [3.8, 4) is 0 Å². The number of nitrogens with one attached hydrogen (secondary N) is 2. The molecule has 0 fully saturated rings. The minimum Gasteiger partial charge on any atom is -0.444 e. The Labute approximate surface area is 190 Å². The van der Waals surface area contributed by atoms with E-state index in [-0.39, 0.29) is 11.5 Å². The van der Waals surface area contributed by atoms with Gasteiger partial charge in [0, 0.05) is 10.3 Å². The van der Waals surface area contributed by atoms with Gasteiger partial charge in [0.25, 0.3) is 0 Å². The van der Waals surface area contributed by atoms with Crippen molar-refractivity contribution in [1.29, 1.82) is 0 Å². The van der Waals surface area contributed by atoms with E-state index < -0.39 is 11.7 Å². The molecule has 31 heavy (non-hydrogen) atoms. The molecule has 0 aromatic carbocycles. The van der Waals surface area contributed by atoms with Gasteiger partial charge in [-0.1, -0.05) is 20.8 Å². The Morgan fingerprint density at radius 2 is 1.97 bits per heavy atom. The van der Waals surface area contributed by atoms with Gasteiger partial charge < -0.3 is 10.1 Å². The molecule has 1 amide bonds. The lowest BCUT2D eigenvalue weighted by Gasteiger charge is -2.21. The number of rotatable bonds is 5. The normalized spacial score (nSPS) is 13.5. The maximum atomic E-state index is 11.9. The quantitative estimate of drug-likeness (QED) is 0.386. The van der Waals surface area contributed by atoms with Gasteiger partial charge in [0.15, 0.2) is 5.82 Å². The maximum absolute atomic E-state index is 11.9. The first-order valence-corrected chi connectivity index (χ1v) is 11.6. The third-order valence-corrected chi connectivity index (χ3v) is 6.47. The standard InChI is InChI=1S/C21H28N6O2S2/c1-12(25-19(28)29-21(5,6)7)14-10-30-16(26-14)9-24-27-18-17-13(22-11-23-18)8-15(31-17)20(2,3)4/h8-12H,1-7H3,(H,25,28)(H,22,23,27)/b24-9+. The SMILES string of the molecule is CC(NC(=O)OC(C)(C)C)c1csc(/C=N/Nc2ncnc3cc(C(C)(C)C)sc23)n1. The highest BCUT2D eigenvalue weighted by atomic mass is 32.1. The average Bonchev–Trinajstić information content (AvgIpc) is 3.27. The molecule has 0 radical (unpaired) electrons. The van der Waals surface area contributed by atoms with E-state index in [0.717, 1.165) is 15.9 Å². The van der Waals surface area contributed by atoms with Crippen LogP contribution in [0, 0.1) is 0 Å². The molecular weight excluding hydrogens is 432 g/mol. The molecule has 0 aliphatic carbocycles. The second kappa shape index (κ2) is 8.88. The summed E-state index contributed by atoms with van der Waals surface area (Å²) < 4.78 is 6.26. The van der Waals surface area contributed by atoms with Crippen LogP contribution in [0.4, 0.5) is 10.6 Å². The number of hydrogen-bond donors (Lipinski definition) is 2. The Kier molecular flexibility index (Phi) is 6.61. The Bertz CT molecular complexity index is 1090. The summed E-state index contributed by atoms with van der Waals surface area (Å²) in [6.07, 6.45) is 2.70. The number of alkyl carbamates (subject to hydrolysis) is 1. The van der Waals surface area contributed by atoms with Gasteiger partial charge in [-0.05, 0) is 39.2 Å². The number of aromatic nitrogens is 3. The van der Waals surface area contributed by atoms with E-state index in [9.17, 15) is 4.79 Å². The first-order chi connectivity index (χ1) is 14.4. The topological polar surface area (TPSA) is 101 Å². The molecule has 3 aromatic heterocycles. The summed E-state index contributed by atoms with van der Waals surface area (Å²) in [5.74, 6) is 0.665. The Balaban J connectivity index is 1.65. The van der Waals surface area contributed by atoms with Crippen LogP contribution in [0.1, 0.15) is 70.1 Å². The van der Waals surface area contributed by atoms with E-state index in [0.29, 0.717) is 10.8 Å². The molecule has 1 unspecified atom stereocenters. The van der Waals surface area contributed by atoms with Gasteiger partial charge in [0.05, 0.1) is 28.2 Å². The Hall–Kier alpha value is -2.59. The second-order valence-electron chi connectivity index (χ2n) is 9.15. The molecule has 0 spiro atoms. The van der Waals surface area contributed by atoms with Crippen LogP contribution in [0.5, 0.6) is 0 Å². The summed E-state index contributed by atoms with van der Waals surface area (Å²) in [7, 11) is 0. The van der Waals surface area contributed by atoms with Crippen molar-refractivity contribution in [1.82, 2.24) is 20.3 Å². The second-order valence-corrected chi connectivity index (χ2v) is 11.1. The average molecular weight is 461 g/mol. The monoisotopic (exact) mass is 460 g/mol. The summed E-state index contributed by atoms with van der Waals surface area (Å²) in [5.41, 5.74) is 4.16. The van der Waals surface area contributed by atoms with Crippen molar-refractivity contribution in [3.63, 3.8) is 0 Å². The first kappa shape index (κ1) is 23.1. The zero-order chi connectivity index (χ0) is 22.8. The van der Waals surface area contributed by atoms with Crippen LogP contribution in [0.2, 0.25) is 0 Å². The zero-order valence-electron chi connectivity index (χ0n) is 18.8. The molecule has 3 rings (SSSR count). The van der Waals surface area contributed by atoms with Crippen LogP contribution < -0.4 is 10.7 Å². The third kappa shape index (κ3) is 6.20. The van der Waals surface area contributed by atoms with Crippen LogP contribution in [0.15, 0.2) is 22.9 Å². The zero-order valence-corrected chi connectivity index (χ0v) is 20.4. The van der Waals surface area contributed by atoms with E-state index in [1.165, 1.54) is 22.5 Å². The van der Waals surface area contributed by atoms with Crippen LogP contribution in [-0.2, 0) is 10.2 Å². The van der Waals surface area contributed by atoms with Gasteiger partial charge in [-0.3, -0.25) is 5.43 Å². The van der Waals surface area contributed by atoms with E-state index in [1.807, 2.05) is 33.1 Å². The lowest BCUT2D eigenvalue weighted by molar-refractivity contribution is 0.0507. The lowest BCUT2D eigenvalue weighted by Crippen LogP contribution is -2.34. The van der Waals surface area contributed by atoms with Crippen LogP contribution in [-0.4, -0.2) is 32.9 Å². The van der Waals surface area contributed by atoms with Crippen molar-refractivity contribution < 1.29 is 9.53 Å². The number of nitrogens with zero attached hydrogens (tertiary/aromatic N) is 4. The van der Waals surface area contributed by atoms with Crippen molar-refractivity contribution >= 4 is 51.0 Å². The van der Waals surface area contributed by atoms with Crippen LogP contribution in [0.3, 0.4) is 0 Å². The first-order valence-electron chi connectivity index (χ1n) is 9.91. The summed E-state index contributed by atoms with van der Waals surface area (Å²) in [6.45, 7) is 13.9. The number of anilines is 1. The van der Waals surface area contributed by atoms with Crippen LogP contribution >= 0.6 is 22.7 Å². The maximum Gasteiger partial charge on any atom is 0.408 e. The van der Waals surface area contributed by atoms with Crippen molar-refractivity contribution in [3.05, 3.63) is 33.4 Å². The highest BCUT2D eigenvalue weighted by Gasteiger charge is 2.20. The highest BCUT2D eigenvalue weighted by molar-refractivity contribution is 7.19. The van der Waals surface area contributed by atoms with Crippen LogP contribution in [0.25, 0.3) is 10.2 Å². The predicted molar refractivity (Wildman–Crippen MR) is 127 cm³/mol. The van der Waals surface area contributed by atoms with E-state index >= 15 is 0 Å². The summed E-state index contributed by atoms with van der Waals surface area (Å²) >= 11 is 3.11. The molecular formula is C21H28N6O2S2. The van der Waals surface area contributed by atoms with Gasteiger partial charge in [-0.2, -0.15) is 5.10 Å². The summed E-state index contributed by atoms with van der Waals surface area (Å²) in [5, 5.41) is 9.69. The molecule has 0 saturated heterocycles. The number of thiophene rings is 1. The number of ether oxygens (including phenoxy) is 1. The fraction of sp³-hybridized carbons (Fsp3) is 0.476.